The molecule has 18 heavy (non-hydrogen) atoms. The molecule has 2 rings (SSSR count). The molecule has 0 radical (unpaired) electrons. The first kappa shape index (κ1) is 13.3. The Balaban J connectivity index is 1.96. The van der Waals surface area contributed by atoms with Gasteiger partial charge in [0.25, 0.3) is 0 Å². The van der Waals surface area contributed by atoms with Crippen molar-refractivity contribution in [2.24, 2.45) is 0 Å². The zero-order valence-electron chi connectivity index (χ0n) is 11.5. The maximum Gasteiger partial charge on any atom is 0.129 e. The summed E-state index contributed by atoms with van der Waals surface area (Å²) in [6, 6.07) is 7.85. The van der Waals surface area contributed by atoms with Crippen LogP contribution >= 0.6 is 0 Å². The number of rotatable bonds is 2. The van der Waals surface area contributed by atoms with Crippen LogP contribution in [-0.4, -0.2) is 36.6 Å². The molecule has 1 heterocycles. The highest BCUT2D eigenvalue weighted by Crippen LogP contribution is 2.21. The van der Waals surface area contributed by atoms with Gasteiger partial charge in [0, 0.05) is 49.5 Å². The highest BCUT2D eigenvalue weighted by atomic mass is 16.5. The number of piperazine rings is 1. The first-order valence-corrected chi connectivity index (χ1v) is 6.56. The molecule has 0 aliphatic carbocycles. The van der Waals surface area contributed by atoms with E-state index in [0.29, 0.717) is 0 Å². The summed E-state index contributed by atoms with van der Waals surface area (Å²) in [5, 5.41) is 10.6. The molecule has 0 spiro atoms. The zero-order valence-corrected chi connectivity index (χ0v) is 11.5. The molecular weight excluding hydrogens is 226 g/mol. The Morgan fingerprint density at radius 3 is 2.00 bits per heavy atom. The molecule has 0 atom stereocenters. The molecule has 4 heteroatoms. The van der Waals surface area contributed by atoms with Gasteiger partial charge in [0.15, 0.2) is 0 Å². The van der Waals surface area contributed by atoms with Crippen molar-refractivity contribution < 1.29 is 5.48 Å². The van der Waals surface area contributed by atoms with Crippen LogP contribution in [0.2, 0.25) is 0 Å². The molecule has 0 aromatic heterocycles. The van der Waals surface area contributed by atoms with E-state index in [9.17, 15) is 5.21 Å². The van der Waals surface area contributed by atoms with Gasteiger partial charge in [0.1, 0.15) is 5.69 Å². The van der Waals surface area contributed by atoms with Gasteiger partial charge in [0.05, 0.1) is 0 Å². The number of benzene rings is 1. The van der Waals surface area contributed by atoms with Crippen LogP contribution in [0.4, 0.5) is 11.4 Å². The molecular formula is C14H23N3O. The van der Waals surface area contributed by atoms with Crippen molar-refractivity contribution in [1.82, 2.24) is 4.90 Å². The third-order valence-electron chi connectivity index (χ3n) is 3.62. The Bertz CT molecular complexity index is 375. The van der Waals surface area contributed by atoms with Crippen LogP contribution < -0.4 is 10.4 Å². The van der Waals surface area contributed by atoms with Crippen LogP contribution in [-0.2, 0) is 0 Å². The SMILES string of the molecule is CC(C)(C)N1CCN(c2ccc([NH2+][O-])cc2)CC1. The van der Waals surface area contributed by atoms with E-state index < -0.39 is 0 Å². The molecule has 1 aliphatic rings. The second-order valence-corrected chi connectivity index (χ2v) is 5.85. The second kappa shape index (κ2) is 5.26. The molecule has 100 valence electrons. The van der Waals surface area contributed by atoms with Crippen LogP contribution in [0.25, 0.3) is 0 Å². The maximum absolute atomic E-state index is 10.6. The summed E-state index contributed by atoms with van der Waals surface area (Å²) in [4.78, 5) is 4.90. The van der Waals surface area contributed by atoms with Gasteiger partial charge in [0.2, 0.25) is 0 Å². The summed E-state index contributed by atoms with van der Waals surface area (Å²) in [6.45, 7) is 11.1. The third kappa shape index (κ3) is 3.02. The lowest BCUT2D eigenvalue weighted by atomic mass is 10.0. The van der Waals surface area contributed by atoms with Crippen LogP contribution in [0, 0.1) is 5.21 Å². The Hall–Kier alpha value is -1.10. The van der Waals surface area contributed by atoms with Crippen molar-refractivity contribution in [2.45, 2.75) is 26.3 Å². The van der Waals surface area contributed by atoms with Gasteiger partial charge in [-0.25, -0.2) is 0 Å². The Morgan fingerprint density at radius 1 is 1.00 bits per heavy atom. The molecule has 1 aromatic rings. The van der Waals surface area contributed by atoms with E-state index in [4.69, 9.17) is 0 Å². The molecule has 1 saturated heterocycles. The Morgan fingerprint density at radius 2 is 1.56 bits per heavy atom. The number of nitrogens with two attached hydrogens (primary N) is 1. The quantitative estimate of drug-likeness (QED) is 0.635. The summed E-state index contributed by atoms with van der Waals surface area (Å²) in [5.41, 5.74) is 3.11. The lowest BCUT2D eigenvalue weighted by Crippen LogP contribution is -2.70. The predicted molar refractivity (Wildman–Crippen MR) is 74.9 cm³/mol. The van der Waals surface area contributed by atoms with Gasteiger partial charge in [-0.2, -0.15) is 0 Å². The van der Waals surface area contributed by atoms with Gasteiger partial charge in [-0.1, -0.05) is 0 Å². The molecule has 1 aliphatic heterocycles. The van der Waals surface area contributed by atoms with Gasteiger partial charge >= 0.3 is 0 Å². The monoisotopic (exact) mass is 249 g/mol. The van der Waals surface area contributed by atoms with Crippen molar-refractivity contribution in [3.8, 4) is 0 Å². The molecule has 0 amide bonds. The average molecular weight is 249 g/mol. The topological polar surface area (TPSA) is 46.1 Å². The fourth-order valence-electron chi connectivity index (χ4n) is 2.40. The lowest BCUT2D eigenvalue weighted by molar-refractivity contribution is -0.497. The molecule has 1 fully saturated rings. The number of quaternary nitrogens is 1. The second-order valence-electron chi connectivity index (χ2n) is 5.85. The summed E-state index contributed by atoms with van der Waals surface area (Å²) in [7, 11) is 0. The maximum atomic E-state index is 10.6. The summed E-state index contributed by atoms with van der Waals surface area (Å²) >= 11 is 0. The molecule has 0 bridgehead atoms. The summed E-state index contributed by atoms with van der Waals surface area (Å²) in [6.07, 6.45) is 0. The van der Waals surface area contributed by atoms with Gasteiger partial charge in [-0.3, -0.25) is 4.90 Å². The number of nitrogens with zero attached hydrogens (tertiary/aromatic N) is 2. The summed E-state index contributed by atoms with van der Waals surface area (Å²) < 4.78 is 0. The first-order chi connectivity index (χ1) is 8.50. The van der Waals surface area contributed by atoms with E-state index in [1.165, 1.54) is 5.69 Å². The van der Waals surface area contributed by atoms with Crippen molar-refractivity contribution in [1.29, 1.82) is 0 Å². The lowest BCUT2D eigenvalue weighted by Gasteiger charge is -2.43. The van der Waals surface area contributed by atoms with Crippen LogP contribution in [0.3, 0.4) is 0 Å². The van der Waals surface area contributed by atoms with E-state index in [0.717, 1.165) is 37.3 Å². The van der Waals surface area contributed by atoms with Crippen LogP contribution in [0.15, 0.2) is 24.3 Å². The molecule has 4 nitrogen and oxygen atoms in total. The van der Waals surface area contributed by atoms with Crippen LogP contribution in [0.1, 0.15) is 20.8 Å². The zero-order chi connectivity index (χ0) is 13.2. The minimum absolute atomic E-state index is 0.257. The Labute approximate surface area is 109 Å². The number of anilines is 1. The minimum atomic E-state index is 0.257. The van der Waals surface area contributed by atoms with Crippen molar-refractivity contribution >= 4 is 11.4 Å². The van der Waals surface area contributed by atoms with Gasteiger partial charge < -0.3 is 15.6 Å². The van der Waals surface area contributed by atoms with Crippen LogP contribution in [0.5, 0.6) is 0 Å². The van der Waals surface area contributed by atoms with Gasteiger partial charge in [-0.05, 0) is 32.9 Å². The van der Waals surface area contributed by atoms with E-state index >= 15 is 0 Å². The van der Waals surface area contributed by atoms with E-state index in [1.807, 2.05) is 24.3 Å². The van der Waals surface area contributed by atoms with E-state index in [1.54, 1.807) is 0 Å². The third-order valence-corrected chi connectivity index (χ3v) is 3.62. The molecule has 1 aromatic carbocycles. The number of hydrogen-bond donors (Lipinski definition) is 1. The Kier molecular flexibility index (Phi) is 3.90. The average Bonchev–Trinajstić information content (AvgIpc) is 2.38. The first-order valence-electron chi connectivity index (χ1n) is 6.56. The standard InChI is InChI=1S/C14H23N3O/c1-14(2,3)17-10-8-16(9-11-17)13-6-4-12(15-18)5-7-13/h4-7H,8-11,15H2,1-3H3. The highest BCUT2D eigenvalue weighted by molar-refractivity contribution is 5.50. The van der Waals surface area contributed by atoms with Gasteiger partial charge in [-0.15, -0.1) is 0 Å². The van der Waals surface area contributed by atoms with Crippen molar-refractivity contribution in [3.63, 3.8) is 0 Å². The fraction of sp³-hybridized carbons (Fsp3) is 0.571. The van der Waals surface area contributed by atoms with E-state index in [2.05, 4.69) is 30.6 Å². The summed E-state index contributed by atoms with van der Waals surface area (Å²) in [5.74, 6) is 0. The van der Waals surface area contributed by atoms with E-state index in [-0.39, 0.29) is 5.54 Å². The minimum Gasteiger partial charge on any atom is -0.630 e. The smallest absolute Gasteiger partial charge is 0.129 e. The normalized spacial score (nSPS) is 18.1. The number of hydrogen-bond acceptors (Lipinski definition) is 3. The largest absolute Gasteiger partial charge is 0.630 e. The van der Waals surface area contributed by atoms with Crippen molar-refractivity contribution in [2.75, 3.05) is 31.1 Å². The molecule has 0 saturated carbocycles. The predicted octanol–water partition coefficient (Wildman–Crippen LogP) is 1.30. The molecule has 0 unspecified atom stereocenters. The molecule has 2 N–H and O–H groups in total. The highest BCUT2D eigenvalue weighted by Gasteiger charge is 2.25. The fourth-order valence-corrected chi connectivity index (χ4v) is 2.40. The van der Waals surface area contributed by atoms with Crippen molar-refractivity contribution in [3.05, 3.63) is 29.5 Å².